The summed E-state index contributed by atoms with van der Waals surface area (Å²) in [7, 11) is 0. The Bertz CT molecular complexity index is 862. The highest BCUT2D eigenvalue weighted by molar-refractivity contribution is 6.03. The van der Waals surface area contributed by atoms with Crippen molar-refractivity contribution in [1.82, 2.24) is 0 Å². The number of rotatable bonds is 6. The number of halogens is 1. The molecule has 2 aromatic carbocycles. The first-order valence-corrected chi connectivity index (χ1v) is 8.88. The zero-order chi connectivity index (χ0) is 19.2. The molecule has 0 fully saturated rings. The highest BCUT2D eigenvalue weighted by Gasteiger charge is 2.25. The SMILES string of the molecule is CCCCN1C(=O)COc2ccc(NC(=O)/C=C/c3ccc(F)cc3)cc21. The van der Waals surface area contributed by atoms with Gasteiger partial charge >= 0.3 is 0 Å². The van der Waals surface area contributed by atoms with Gasteiger partial charge in [-0.3, -0.25) is 9.59 Å². The summed E-state index contributed by atoms with van der Waals surface area (Å²) in [6.45, 7) is 2.71. The van der Waals surface area contributed by atoms with Gasteiger partial charge < -0.3 is 15.0 Å². The van der Waals surface area contributed by atoms with Crippen molar-refractivity contribution in [3.63, 3.8) is 0 Å². The van der Waals surface area contributed by atoms with E-state index in [0.717, 1.165) is 18.4 Å². The fourth-order valence-electron chi connectivity index (χ4n) is 2.77. The van der Waals surface area contributed by atoms with Gasteiger partial charge in [-0.1, -0.05) is 25.5 Å². The average Bonchev–Trinajstić information content (AvgIpc) is 2.67. The van der Waals surface area contributed by atoms with Crippen molar-refractivity contribution < 1.29 is 18.7 Å². The minimum absolute atomic E-state index is 0.0306. The van der Waals surface area contributed by atoms with E-state index in [4.69, 9.17) is 4.74 Å². The number of amides is 2. The molecular weight excluding hydrogens is 347 g/mol. The zero-order valence-electron chi connectivity index (χ0n) is 15.1. The Morgan fingerprint density at radius 3 is 2.78 bits per heavy atom. The van der Waals surface area contributed by atoms with E-state index in [1.165, 1.54) is 18.2 Å². The molecular formula is C21H21FN2O3. The van der Waals surface area contributed by atoms with Gasteiger partial charge in [0.05, 0.1) is 5.69 Å². The molecule has 140 valence electrons. The predicted molar refractivity (Wildman–Crippen MR) is 103 cm³/mol. The molecule has 3 rings (SSSR count). The van der Waals surface area contributed by atoms with Gasteiger partial charge in [0.15, 0.2) is 6.61 Å². The molecule has 0 aromatic heterocycles. The molecule has 6 heteroatoms. The summed E-state index contributed by atoms with van der Waals surface area (Å²) >= 11 is 0. The van der Waals surface area contributed by atoms with Crippen molar-refractivity contribution in [2.24, 2.45) is 0 Å². The van der Waals surface area contributed by atoms with E-state index in [2.05, 4.69) is 12.2 Å². The number of hydrogen-bond acceptors (Lipinski definition) is 3. The fourth-order valence-corrected chi connectivity index (χ4v) is 2.77. The molecule has 1 N–H and O–H groups in total. The number of carbonyl (C=O) groups is 2. The van der Waals surface area contributed by atoms with Gasteiger partial charge in [-0.25, -0.2) is 4.39 Å². The zero-order valence-corrected chi connectivity index (χ0v) is 15.1. The molecule has 0 spiro atoms. The Kier molecular flexibility index (Phi) is 5.86. The third-order valence-electron chi connectivity index (χ3n) is 4.20. The third kappa shape index (κ3) is 4.73. The molecule has 0 aliphatic carbocycles. The van der Waals surface area contributed by atoms with Gasteiger partial charge in [0.2, 0.25) is 5.91 Å². The van der Waals surface area contributed by atoms with Gasteiger partial charge in [-0.2, -0.15) is 0 Å². The van der Waals surface area contributed by atoms with E-state index in [1.807, 2.05) is 0 Å². The first-order chi connectivity index (χ1) is 13.1. The molecule has 0 radical (unpaired) electrons. The minimum atomic E-state index is -0.324. The van der Waals surface area contributed by atoms with Crippen molar-refractivity contribution in [1.29, 1.82) is 0 Å². The summed E-state index contributed by atoms with van der Waals surface area (Å²) in [4.78, 5) is 26.0. The Balaban J connectivity index is 1.72. The predicted octanol–water partition coefficient (Wildman–Crippen LogP) is 4.00. The lowest BCUT2D eigenvalue weighted by Crippen LogP contribution is -2.39. The summed E-state index contributed by atoms with van der Waals surface area (Å²) in [6.07, 6.45) is 4.85. The van der Waals surface area contributed by atoms with Gasteiger partial charge in [-0.05, 0) is 48.4 Å². The number of unbranched alkanes of at least 4 members (excludes halogenated alkanes) is 1. The quantitative estimate of drug-likeness (QED) is 0.784. The minimum Gasteiger partial charge on any atom is -0.482 e. The van der Waals surface area contributed by atoms with E-state index in [-0.39, 0.29) is 24.2 Å². The van der Waals surface area contributed by atoms with E-state index >= 15 is 0 Å². The summed E-state index contributed by atoms with van der Waals surface area (Å²) in [5.41, 5.74) is 1.96. The molecule has 1 aliphatic rings. The van der Waals surface area contributed by atoms with Gasteiger partial charge in [0.25, 0.3) is 5.91 Å². The largest absolute Gasteiger partial charge is 0.482 e. The third-order valence-corrected chi connectivity index (χ3v) is 4.20. The normalized spacial score (nSPS) is 13.4. The molecule has 0 bridgehead atoms. The first kappa shape index (κ1) is 18.6. The van der Waals surface area contributed by atoms with Gasteiger partial charge in [-0.15, -0.1) is 0 Å². The maximum Gasteiger partial charge on any atom is 0.265 e. The van der Waals surface area contributed by atoms with E-state index in [0.29, 0.717) is 23.7 Å². The Morgan fingerprint density at radius 1 is 1.26 bits per heavy atom. The number of carbonyl (C=O) groups excluding carboxylic acids is 2. The molecule has 1 heterocycles. The van der Waals surface area contributed by atoms with E-state index < -0.39 is 0 Å². The second-order valence-corrected chi connectivity index (χ2v) is 6.24. The van der Waals surface area contributed by atoms with Crippen molar-refractivity contribution in [2.75, 3.05) is 23.4 Å². The highest BCUT2D eigenvalue weighted by atomic mass is 19.1. The number of nitrogens with one attached hydrogen (secondary N) is 1. The highest BCUT2D eigenvalue weighted by Crippen LogP contribution is 2.34. The second kappa shape index (κ2) is 8.49. The number of benzene rings is 2. The summed E-state index contributed by atoms with van der Waals surface area (Å²) < 4.78 is 18.4. The summed E-state index contributed by atoms with van der Waals surface area (Å²) in [5.74, 6) is -0.0984. The van der Waals surface area contributed by atoms with Gasteiger partial charge in [0, 0.05) is 18.3 Å². The van der Waals surface area contributed by atoms with E-state index in [9.17, 15) is 14.0 Å². The van der Waals surface area contributed by atoms with Crippen LogP contribution in [0.5, 0.6) is 5.75 Å². The molecule has 5 nitrogen and oxygen atoms in total. The number of anilines is 2. The van der Waals surface area contributed by atoms with Crippen LogP contribution >= 0.6 is 0 Å². The van der Waals surface area contributed by atoms with Crippen molar-refractivity contribution in [2.45, 2.75) is 19.8 Å². The van der Waals surface area contributed by atoms with Gasteiger partial charge in [0.1, 0.15) is 11.6 Å². The molecule has 2 amide bonds. The standard InChI is InChI=1S/C21H21FN2O3/c1-2-3-12-24-18-13-17(9-10-19(18)27-14-21(24)26)23-20(25)11-6-15-4-7-16(22)8-5-15/h4-11,13H,2-3,12,14H2,1H3,(H,23,25)/b11-6+. The molecule has 1 aliphatic heterocycles. The van der Waals surface area contributed by atoms with Crippen LogP contribution in [-0.2, 0) is 9.59 Å². The lowest BCUT2D eigenvalue weighted by atomic mass is 10.2. The molecule has 27 heavy (non-hydrogen) atoms. The Morgan fingerprint density at radius 2 is 2.04 bits per heavy atom. The molecule has 0 saturated carbocycles. The van der Waals surface area contributed by atoms with Crippen molar-refractivity contribution >= 4 is 29.3 Å². The monoisotopic (exact) mass is 368 g/mol. The van der Waals surface area contributed by atoms with Crippen LogP contribution in [0.4, 0.5) is 15.8 Å². The van der Waals surface area contributed by atoms with E-state index in [1.54, 1.807) is 41.3 Å². The molecule has 0 saturated heterocycles. The molecule has 0 atom stereocenters. The Hall–Kier alpha value is -3.15. The first-order valence-electron chi connectivity index (χ1n) is 8.88. The van der Waals surface area contributed by atoms with Crippen LogP contribution in [-0.4, -0.2) is 25.0 Å². The number of hydrogen-bond donors (Lipinski definition) is 1. The second-order valence-electron chi connectivity index (χ2n) is 6.24. The topological polar surface area (TPSA) is 58.6 Å². The number of ether oxygens (including phenoxy) is 1. The number of nitrogens with zero attached hydrogens (tertiary/aromatic N) is 1. The number of fused-ring (bicyclic) bond motifs is 1. The smallest absolute Gasteiger partial charge is 0.265 e. The van der Waals surface area contributed by atoms with Crippen molar-refractivity contribution in [3.8, 4) is 5.75 Å². The van der Waals surface area contributed by atoms with Crippen LogP contribution in [0, 0.1) is 5.82 Å². The van der Waals surface area contributed by atoms with Crippen LogP contribution in [0.15, 0.2) is 48.5 Å². The average molecular weight is 368 g/mol. The van der Waals surface area contributed by atoms with Crippen LogP contribution in [0.2, 0.25) is 0 Å². The maximum atomic E-state index is 12.9. The lowest BCUT2D eigenvalue weighted by Gasteiger charge is -2.29. The lowest BCUT2D eigenvalue weighted by molar-refractivity contribution is -0.121. The Labute approximate surface area is 157 Å². The van der Waals surface area contributed by atoms with Crippen LogP contribution in [0.3, 0.4) is 0 Å². The van der Waals surface area contributed by atoms with Crippen molar-refractivity contribution in [3.05, 3.63) is 59.9 Å². The molecule has 0 unspecified atom stereocenters. The van der Waals surface area contributed by atoms with Crippen LogP contribution < -0.4 is 15.0 Å². The summed E-state index contributed by atoms with van der Waals surface area (Å²) in [5, 5.41) is 2.77. The fraction of sp³-hybridized carbons (Fsp3) is 0.238. The van der Waals surface area contributed by atoms with Crippen LogP contribution in [0.1, 0.15) is 25.3 Å². The summed E-state index contributed by atoms with van der Waals surface area (Å²) in [6, 6.07) is 11.1. The molecule has 2 aromatic rings. The van der Waals surface area contributed by atoms with Crippen LogP contribution in [0.25, 0.3) is 6.08 Å². The maximum absolute atomic E-state index is 12.9.